The van der Waals surface area contributed by atoms with Crippen molar-refractivity contribution in [3.8, 4) is 0 Å². The maximum absolute atomic E-state index is 13.6. The first-order valence-electron chi connectivity index (χ1n) is 10.2. The molecule has 2 nitrogen and oxygen atoms in total. The fourth-order valence-electron chi connectivity index (χ4n) is 4.57. The van der Waals surface area contributed by atoms with Crippen LogP contribution in [0, 0.1) is 5.41 Å². The predicted octanol–water partition coefficient (Wildman–Crippen LogP) is 6.19. The lowest BCUT2D eigenvalue weighted by Gasteiger charge is -2.15. The quantitative estimate of drug-likeness (QED) is 0.380. The Balaban J connectivity index is 1.76. The van der Waals surface area contributed by atoms with E-state index in [-0.39, 0.29) is 11.2 Å². The van der Waals surface area contributed by atoms with Gasteiger partial charge in [-0.3, -0.25) is 4.79 Å². The molecule has 4 rings (SSSR count). The zero-order valence-electron chi connectivity index (χ0n) is 16.7. The van der Waals surface area contributed by atoms with Gasteiger partial charge in [-0.05, 0) is 41.9 Å². The van der Waals surface area contributed by atoms with Crippen LogP contribution in [-0.4, -0.2) is 10.4 Å². The van der Waals surface area contributed by atoms with Crippen molar-refractivity contribution < 1.29 is 4.79 Å². The summed E-state index contributed by atoms with van der Waals surface area (Å²) in [6.45, 7) is 7.78. The number of aryl methyl sites for hydroxylation is 1. The summed E-state index contributed by atoms with van der Waals surface area (Å²) in [5.74, 6) is 0.176. The highest BCUT2D eigenvalue weighted by Gasteiger charge is 2.32. The van der Waals surface area contributed by atoms with Crippen molar-refractivity contribution >= 4 is 16.7 Å². The van der Waals surface area contributed by atoms with E-state index in [0.717, 1.165) is 42.3 Å². The molecule has 0 radical (unpaired) electrons. The molecule has 0 bridgehead atoms. The molecule has 0 amide bonds. The molecule has 0 N–H and O–H groups in total. The molecule has 0 atom stereocenters. The third kappa shape index (κ3) is 3.34. The standard InChI is InChI=1S/C25H29NO/c1-4-5-8-14-26-17-22(19-11-6-7-13-23(19)26)24(27)20-12-9-10-18-15-25(2,3)16-21(18)20/h6-7,9-13,17H,4-5,8,14-16H2,1-3H3. The van der Waals surface area contributed by atoms with E-state index in [1.165, 1.54) is 29.5 Å². The fourth-order valence-corrected chi connectivity index (χ4v) is 4.57. The first-order valence-corrected chi connectivity index (χ1v) is 10.2. The summed E-state index contributed by atoms with van der Waals surface area (Å²) in [6, 6.07) is 14.6. The third-order valence-corrected chi connectivity index (χ3v) is 5.88. The van der Waals surface area contributed by atoms with Crippen molar-refractivity contribution in [1.29, 1.82) is 0 Å². The maximum atomic E-state index is 13.6. The molecule has 27 heavy (non-hydrogen) atoms. The van der Waals surface area contributed by atoms with Gasteiger partial charge in [0.05, 0.1) is 0 Å². The van der Waals surface area contributed by atoms with Crippen LogP contribution in [0.4, 0.5) is 0 Å². The van der Waals surface area contributed by atoms with Gasteiger partial charge < -0.3 is 4.57 Å². The Morgan fingerprint density at radius 1 is 1.00 bits per heavy atom. The van der Waals surface area contributed by atoms with Gasteiger partial charge in [-0.15, -0.1) is 0 Å². The zero-order valence-corrected chi connectivity index (χ0v) is 16.7. The Bertz CT molecular complexity index is 993. The topological polar surface area (TPSA) is 22.0 Å². The van der Waals surface area contributed by atoms with Crippen LogP contribution in [0.15, 0.2) is 48.7 Å². The minimum Gasteiger partial charge on any atom is -0.347 e. The highest BCUT2D eigenvalue weighted by atomic mass is 16.1. The summed E-state index contributed by atoms with van der Waals surface area (Å²) in [6.07, 6.45) is 7.70. The molecular formula is C25H29NO. The number of hydrogen-bond acceptors (Lipinski definition) is 1. The molecular weight excluding hydrogens is 330 g/mol. The van der Waals surface area contributed by atoms with Crippen molar-refractivity contribution in [3.05, 3.63) is 70.9 Å². The summed E-state index contributed by atoms with van der Waals surface area (Å²) < 4.78 is 2.27. The molecule has 1 heterocycles. The highest BCUT2D eigenvalue weighted by molar-refractivity contribution is 6.17. The molecule has 0 saturated carbocycles. The molecule has 3 aromatic rings. The zero-order chi connectivity index (χ0) is 19.0. The minimum absolute atomic E-state index is 0.176. The van der Waals surface area contributed by atoms with Crippen molar-refractivity contribution in [2.24, 2.45) is 5.41 Å². The normalized spacial score (nSPS) is 15.2. The molecule has 0 spiro atoms. The summed E-state index contributed by atoms with van der Waals surface area (Å²) >= 11 is 0. The Morgan fingerprint density at radius 3 is 2.63 bits per heavy atom. The van der Waals surface area contributed by atoms with Crippen molar-refractivity contribution in [1.82, 2.24) is 4.57 Å². The molecule has 1 aliphatic rings. The minimum atomic E-state index is 0.176. The number of benzene rings is 2. The van der Waals surface area contributed by atoms with Gasteiger partial charge in [0, 0.05) is 34.8 Å². The van der Waals surface area contributed by atoms with Gasteiger partial charge in [-0.2, -0.15) is 0 Å². The van der Waals surface area contributed by atoms with Crippen LogP contribution >= 0.6 is 0 Å². The Morgan fingerprint density at radius 2 is 1.81 bits per heavy atom. The monoisotopic (exact) mass is 359 g/mol. The van der Waals surface area contributed by atoms with Crippen LogP contribution in [-0.2, 0) is 19.4 Å². The number of rotatable bonds is 6. The lowest BCUT2D eigenvalue weighted by molar-refractivity contribution is 0.103. The smallest absolute Gasteiger partial charge is 0.195 e. The average molecular weight is 360 g/mol. The Kier molecular flexibility index (Phi) is 4.67. The number of aromatic nitrogens is 1. The van der Waals surface area contributed by atoms with Gasteiger partial charge in [-0.25, -0.2) is 0 Å². The van der Waals surface area contributed by atoms with Crippen molar-refractivity contribution in [2.45, 2.75) is 59.4 Å². The number of para-hydroxylation sites is 1. The van der Waals surface area contributed by atoms with E-state index < -0.39 is 0 Å². The number of fused-ring (bicyclic) bond motifs is 2. The van der Waals surface area contributed by atoms with Crippen molar-refractivity contribution in [2.75, 3.05) is 0 Å². The van der Waals surface area contributed by atoms with E-state index in [9.17, 15) is 4.79 Å². The number of unbranched alkanes of at least 4 members (excludes halogenated alkanes) is 2. The highest BCUT2D eigenvalue weighted by Crippen LogP contribution is 2.38. The molecule has 0 saturated heterocycles. The van der Waals surface area contributed by atoms with E-state index in [2.05, 4.69) is 55.8 Å². The lowest BCUT2D eigenvalue weighted by Crippen LogP contribution is -2.11. The summed E-state index contributed by atoms with van der Waals surface area (Å²) in [7, 11) is 0. The van der Waals surface area contributed by atoms with Crippen LogP contribution in [0.5, 0.6) is 0 Å². The molecule has 140 valence electrons. The molecule has 0 aliphatic heterocycles. The first-order chi connectivity index (χ1) is 13.0. The number of ketones is 1. The molecule has 1 aromatic heterocycles. The van der Waals surface area contributed by atoms with Crippen LogP contribution < -0.4 is 0 Å². The van der Waals surface area contributed by atoms with Gasteiger partial charge in [-0.1, -0.05) is 70.0 Å². The number of nitrogens with zero attached hydrogens (tertiary/aromatic N) is 1. The maximum Gasteiger partial charge on any atom is 0.195 e. The van der Waals surface area contributed by atoms with Gasteiger partial charge in [0.15, 0.2) is 5.78 Å². The Hall–Kier alpha value is -2.35. The summed E-state index contributed by atoms with van der Waals surface area (Å²) in [4.78, 5) is 13.6. The van der Waals surface area contributed by atoms with Crippen LogP contribution in [0.1, 0.15) is 67.1 Å². The second kappa shape index (κ2) is 6.99. The average Bonchev–Trinajstić information content (AvgIpc) is 3.17. The molecule has 2 heteroatoms. The van der Waals surface area contributed by atoms with Crippen LogP contribution in [0.2, 0.25) is 0 Å². The van der Waals surface area contributed by atoms with Gasteiger partial charge >= 0.3 is 0 Å². The van der Waals surface area contributed by atoms with E-state index in [0.29, 0.717) is 0 Å². The van der Waals surface area contributed by atoms with Gasteiger partial charge in [0.25, 0.3) is 0 Å². The lowest BCUT2D eigenvalue weighted by atomic mass is 9.89. The number of carbonyl (C=O) groups excluding carboxylic acids is 1. The Labute approximate surface area is 162 Å². The van der Waals surface area contributed by atoms with E-state index in [1.807, 2.05) is 18.2 Å². The summed E-state index contributed by atoms with van der Waals surface area (Å²) in [5.41, 5.74) is 5.76. The second-order valence-corrected chi connectivity index (χ2v) is 8.75. The molecule has 1 aliphatic carbocycles. The van der Waals surface area contributed by atoms with Crippen LogP contribution in [0.3, 0.4) is 0 Å². The van der Waals surface area contributed by atoms with Crippen LogP contribution in [0.25, 0.3) is 10.9 Å². The summed E-state index contributed by atoms with van der Waals surface area (Å²) in [5, 5.41) is 1.08. The van der Waals surface area contributed by atoms with E-state index >= 15 is 0 Å². The van der Waals surface area contributed by atoms with E-state index in [1.54, 1.807) is 0 Å². The first kappa shape index (κ1) is 18.0. The fraction of sp³-hybridized carbons (Fsp3) is 0.400. The SMILES string of the molecule is CCCCCn1cc(C(=O)c2cccc3c2CC(C)(C)C3)c2ccccc21. The number of hydrogen-bond donors (Lipinski definition) is 0. The largest absolute Gasteiger partial charge is 0.347 e. The molecule has 0 unspecified atom stereocenters. The third-order valence-electron chi connectivity index (χ3n) is 5.88. The molecule has 0 fully saturated rings. The predicted molar refractivity (Wildman–Crippen MR) is 113 cm³/mol. The van der Waals surface area contributed by atoms with Gasteiger partial charge in [0.1, 0.15) is 0 Å². The van der Waals surface area contributed by atoms with Crippen molar-refractivity contribution in [3.63, 3.8) is 0 Å². The molecule has 2 aromatic carbocycles. The van der Waals surface area contributed by atoms with Gasteiger partial charge in [0.2, 0.25) is 0 Å². The van der Waals surface area contributed by atoms with E-state index in [4.69, 9.17) is 0 Å². The number of carbonyl (C=O) groups is 1. The second-order valence-electron chi connectivity index (χ2n) is 8.75.